The summed E-state index contributed by atoms with van der Waals surface area (Å²) in [6.07, 6.45) is 4.28. The van der Waals surface area contributed by atoms with Gasteiger partial charge in [-0.15, -0.1) is 0 Å². The van der Waals surface area contributed by atoms with Crippen LogP contribution in [0.5, 0.6) is 0 Å². The van der Waals surface area contributed by atoms with Crippen LogP contribution in [0, 0.1) is 0 Å². The van der Waals surface area contributed by atoms with Crippen molar-refractivity contribution in [3.63, 3.8) is 0 Å². The molecule has 1 saturated heterocycles. The molecule has 0 spiro atoms. The van der Waals surface area contributed by atoms with Crippen LogP contribution in [-0.4, -0.2) is 32.1 Å². The molecule has 0 radical (unpaired) electrons. The van der Waals surface area contributed by atoms with E-state index in [0.717, 1.165) is 7.11 Å². The topological polar surface area (TPSA) is 12.5 Å². The van der Waals surface area contributed by atoms with Crippen LogP contribution < -0.4 is 0 Å². The molecule has 0 aromatic heterocycles. The van der Waals surface area contributed by atoms with E-state index in [-0.39, 0.29) is 0 Å². The Bertz CT molecular complexity index is 66.3. The summed E-state index contributed by atoms with van der Waals surface area (Å²) in [4.78, 5) is 5.14. The fourth-order valence-corrected chi connectivity index (χ4v) is 1.05. The summed E-state index contributed by atoms with van der Waals surface area (Å²) >= 11 is 0. The fraction of sp³-hybridized carbons (Fsp3) is 1.00. The normalized spacial score (nSPS) is 14.8. The van der Waals surface area contributed by atoms with Crippen molar-refractivity contribution in [1.82, 2.24) is 4.90 Å². The third kappa shape index (κ3) is 22.6. The molecule has 1 aliphatic rings. The van der Waals surface area contributed by atoms with Gasteiger partial charge < -0.3 is 4.90 Å². The lowest BCUT2D eigenvalue weighted by Crippen LogP contribution is -2.24. The Hall–Kier alpha value is -0.150. The minimum atomic E-state index is 0.958. The number of rotatable bonds is 0. The maximum absolute atomic E-state index is 9.79. The summed E-state index contributed by atoms with van der Waals surface area (Å²) in [5.41, 5.74) is 0. The Kier molecular flexibility index (Phi) is 32.0. The smallest absolute Gasteiger partial charge is 0.0766 e. The van der Waals surface area contributed by atoms with Crippen molar-refractivity contribution in [3.8, 4) is 0 Å². The molecule has 1 aliphatic heterocycles. The van der Waals surface area contributed by atoms with E-state index in [9.17, 15) is 4.53 Å². The summed E-state index contributed by atoms with van der Waals surface area (Å²) in [6, 6.07) is 0. The summed E-state index contributed by atoms with van der Waals surface area (Å²) in [7, 11) is 3.15. The minimum Gasteiger partial charge on any atom is -0.306 e. The lowest BCUT2D eigenvalue weighted by Gasteiger charge is -2.20. The number of hydrogen-bond donors (Lipinski definition) is 0. The third-order valence-electron chi connectivity index (χ3n) is 1.58. The monoisotopic (exact) mass is 209 g/mol. The highest BCUT2D eigenvalue weighted by Gasteiger charge is 2.02. The van der Waals surface area contributed by atoms with E-state index >= 15 is 0 Å². The Labute approximate surface area is 89.3 Å². The van der Waals surface area contributed by atoms with Crippen molar-refractivity contribution in [3.05, 3.63) is 0 Å². The Balaban J connectivity index is -0.000000148. The zero-order valence-electron chi connectivity index (χ0n) is 10.8. The van der Waals surface area contributed by atoms with Gasteiger partial charge in [-0.3, -0.25) is 0 Å². The molecule has 1 heterocycles. The molecule has 0 bridgehead atoms. The van der Waals surface area contributed by atoms with Crippen LogP contribution in [0.2, 0.25) is 0 Å². The van der Waals surface area contributed by atoms with E-state index in [4.69, 9.17) is 0 Å². The van der Waals surface area contributed by atoms with E-state index < -0.39 is 0 Å². The van der Waals surface area contributed by atoms with Crippen molar-refractivity contribution in [1.29, 1.82) is 0 Å². The number of hydrogen-bond acceptors (Lipinski definition) is 2. The zero-order chi connectivity index (χ0) is 11.8. The second-order valence-corrected chi connectivity index (χ2v) is 2.52. The van der Waals surface area contributed by atoms with Gasteiger partial charge in [0.05, 0.1) is 7.11 Å². The van der Waals surface area contributed by atoms with Gasteiger partial charge in [0.25, 0.3) is 0 Å². The molecule has 0 aliphatic carbocycles. The van der Waals surface area contributed by atoms with Crippen molar-refractivity contribution in [2.45, 2.75) is 47.0 Å². The van der Waals surface area contributed by atoms with Gasteiger partial charge in [-0.2, -0.15) is 4.94 Å². The number of piperidine rings is 1. The summed E-state index contributed by atoms with van der Waals surface area (Å²) in [5, 5.41) is 0. The minimum absolute atomic E-state index is 0.958. The molecule has 3 heteroatoms. The molecule has 0 amide bonds. The molecule has 0 unspecified atom stereocenters. The Morgan fingerprint density at radius 2 is 1.21 bits per heavy atom. The first-order valence-corrected chi connectivity index (χ1v) is 5.64. The predicted octanol–water partition coefficient (Wildman–Crippen LogP) is 3.67. The largest absolute Gasteiger partial charge is 0.306 e. The molecule has 14 heavy (non-hydrogen) atoms. The number of likely N-dealkylation sites (tertiary alicyclic amines) is 1. The van der Waals surface area contributed by atoms with E-state index in [1.165, 1.54) is 32.4 Å². The van der Waals surface area contributed by atoms with Gasteiger partial charge in [0.15, 0.2) is 0 Å². The van der Waals surface area contributed by atoms with E-state index in [2.05, 4.69) is 16.9 Å². The van der Waals surface area contributed by atoms with Crippen molar-refractivity contribution >= 4 is 0 Å². The van der Waals surface area contributed by atoms with Crippen LogP contribution in [0.15, 0.2) is 0 Å². The number of halogens is 1. The fourth-order valence-electron chi connectivity index (χ4n) is 1.05. The maximum Gasteiger partial charge on any atom is 0.0766 e. The first-order valence-electron chi connectivity index (χ1n) is 5.64. The highest BCUT2D eigenvalue weighted by atomic mass is 19.3. The maximum atomic E-state index is 9.79. The molecular weight excluding hydrogens is 181 g/mol. The molecule has 1 fully saturated rings. The third-order valence-corrected chi connectivity index (χ3v) is 1.58. The van der Waals surface area contributed by atoms with Gasteiger partial charge in [-0.05, 0) is 37.5 Å². The molecule has 0 saturated carbocycles. The molecule has 1 rings (SSSR count). The average molecular weight is 209 g/mol. The Morgan fingerprint density at radius 1 is 0.929 bits per heavy atom. The average Bonchev–Trinajstić information content (AvgIpc) is 2.26. The summed E-state index contributed by atoms with van der Waals surface area (Å²) in [5.74, 6) is 0. The molecule has 2 nitrogen and oxygen atoms in total. The van der Waals surface area contributed by atoms with Gasteiger partial charge >= 0.3 is 0 Å². The van der Waals surface area contributed by atoms with Crippen LogP contribution in [0.3, 0.4) is 0 Å². The van der Waals surface area contributed by atoms with Crippen LogP contribution in [0.25, 0.3) is 0 Å². The first kappa shape index (κ1) is 19.4. The quantitative estimate of drug-likeness (QED) is 0.603. The second kappa shape index (κ2) is 23.0. The molecule has 0 aromatic carbocycles. The summed E-state index contributed by atoms with van der Waals surface area (Å²) < 4.78 is 9.79. The van der Waals surface area contributed by atoms with Crippen molar-refractivity contribution < 1.29 is 9.47 Å². The van der Waals surface area contributed by atoms with Gasteiger partial charge in [0.2, 0.25) is 0 Å². The molecule has 90 valence electrons. The highest BCUT2D eigenvalue weighted by Crippen LogP contribution is 2.04. The molecule has 0 atom stereocenters. The van der Waals surface area contributed by atoms with E-state index in [1.54, 1.807) is 0 Å². The van der Waals surface area contributed by atoms with Crippen LogP contribution in [0.4, 0.5) is 4.53 Å². The first-order chi connectivity index (χ1) is 6.81. The number of nitrogens with zero attached hydrogens (tertiary/aromatic N) is 1. The Morgan fingerprint density at radius 3 is 1.36 bits per heavy atom. The van der Waals surface area contributed by atoms with Gasteiger partial charge in [-0.25, -0.2) is 0 Å². The van der Waals surface area contributed by atoms with E-state index in [1.807, 2.05) is 27.7 Å². The van der Waals surface area contributed by atoms with Crippen molar-refractivity contribution in [2.24, 2.45) is 0 Å². The van der Waals surface area contributed by atoms with Crippen LogP contribution in [0.1, 0.15) is 47.0 Å². The lowest BCUT2D eigenvalue weighted by atomic mass is 10.1. The molecule has 0 aromatic rings. The summed E-state index contributed by atoms with van der Waals surface area (Å²) in [6.45, 7) is 10.6. The standard InChI is InChI=1S/C6H13N.2C2H6.CH3FO/c1-7-5-3-2-4-6-7;2*1-2;1-3-2/h2-6H2,1H3;2*1-2H3;1H3. The van der Waals surface area contributed by atoms with Gasteiger partial charge in [-0.1, -0.05) is 34.1 Å². The zero-order valence-corrected chi connectivity index (χ0v) is 10.8. The predicted molar refractivity (Wildman–Crippen MR) is 62.2 cm³/mol. The lowest BCUT2D eigenvalue weighted by molar-refractivity contribution is -0.0960. The SMILES string of the molecule is CC.CC.CN1CCCCC1.COF. The highest BCUT2D eigenvalue weighted by molar-refractivity contribution is 4.58. The van der Waals surface area contributed by atoms with Crippen LogP contribution >= 0.6 is 0 Å². The molecule has 0 N–H and O–H groups in total. The van der Waals surface area contributed by atoms with Crippen LogP contribution in [-0.2, 0) is 4.94 Å². The van der Waals surface area contributed by atoms with Gasteiger partial charge in [0, 0.05) is 0 Å². The second-order valence-electron chi connectivity index (χ2n) is 2.52. The van der Waals surface area contributed by atoms with Gasteiger partial charge in [0.1, 0.15) is 0 Å². The van der Waals surface area contributed by atoms with E-state index in [0.29, 0.717) is 0 Å². The van der Waals surface area contributed by atoms with Crippen molar-refractivity contribution in [2.75, 3.05) is 27.2 Å². The molecular formula is C11H28FNO.